The maximum Gasteiger partial charge on any atom is 0.274 e. The van der Waals surface area contributed by atoms with Crippen molar-refractivity contribution in [1.82, 2.24) is 0 Å². The molecule has 21 heavy (non-hydrogen) atoms. The molecule has 0 fully saturated rings. The summed E-state index contributed by atoms with van der Waals surface area (Å²) in [6.07, 6.45) is 0.696. The van der Waals surface area contributed by atoms with Crippen LogP contribution in [0.3, 0.4) is 0 Å². The molecule has 0 heterocycles. The van der Waals surface area contributed by atoms with Gasteiger partial charge in [0.1, 0.15) is 5.82 Å². The van der Waals surface area contributed by atoms with Gasteiger partial charge in [0.15, 0.2) is 0 Å². The first-order chi connectivity index (χ1) is 9.94. The van der Waals surface area contributed by atoms with Crippen molar-refractivity contribution in [3.63, 3.8) is 0 Å². The molecule has 2 aromatic carbocycles. The third kappa shape index (κ3) is 4.43. The van der Waals surface area contributed by atoms with Gasteiger partial charge in [-0.2, -0.15) is 0 Å². The molecule has 0 radical (unpaired) electrons. The van der Waals surface area contributed by atoms with Gasteiger partial charge in [-0.1, -0.05) is 23.7 Å². The lowest BCUT2D eigenvalue weighted by Gasteiger charge is -2.15. The van der Waals surface area contributed by atoms with Crippen molar-refractivity contribution in [2.24, 2.45) is 0 Å². The van der Waals surface area contributed by atoms with Gasteiger partial charge in [0, 0.05) is 22.8 Å². The van der Waals surface area contributed by atoms with Crippen molar-refractivity contribution in [3.8, 4) is 0 Å². The normalized spacial score (nSPS) is 12.0. The van der Waals surface area contributed by atoms with Gasteiger partial charge >= 0.3 is 0 Å². The molecule has 4 nitrogen and oxygen atoms in total. The summed E-state index contributed by atoms with van der Waals surface area (Å²) >= 11 is 5.82. The summed E-state index contributed by atoms with van der Waals surface area (Å²) in [5.41, 5.74) is 1.20. The Balaban J connectivity index is 2.07. The smallest absolute Gasteiger partial charge is 0.274 e. The van der Waals surface area contributed by atoms with Gasteiger partial charge in [-0.3, -0.25) is 10.1 Å². The Morgan fingerprint density at radius 1 is 1.29 bits per heavy atom. The Morgan fingerprint density at radius 2 is 1.95 bits per heavy atom. The fourth-order valence-corrected chi connectivity index (χ4v) is 2.20. The number of hydrogen-bond donors (Lipinski definition) is 1. The largest absolute Gasteiger partial charge is 0.382 e. The van der Waals surface area contributed by atoms with Crippen molar-refractivity contribution in [2.45, 2.75) is 19.4 Å². The van der Waals surface area contributed by atoms with Gasteiger partial charge in [-0.25, -0.2) is 4.39 Å². The van der Waals surface area contributed by atoms with E-state index in [1.165, 1.54) is 12.1 Å². The second kappa shape index (κ2) is 6.54. The molecular weight excluding hydrogens is 295 g/mol. The van der Waals surface area contributed by atoms with E-state index in [1.54, 1.807) is 12.1 Å². The van der Waals surface area contributed by atoms with E-state index in [-0.39, 0.29) is 11.7 Å². The van der Waals surface area contributed by atoms with Crippen molar-refractivity contribution >= 4 is 23.0 Å². The summed E-state index contributed by atoms with van der Waals surface area (Å²) in [6.45, 7) is 1.92. The van der Waals surface area contributed by atoms with Crippen molar-refractivity contribution in [3.05, 3.63) is 69.0 Å². The summed E-state index contributed by atoms with van der Waals surface area (Å²) in [6, 6.07) is 10.9. The van der Waals surface area contributed by atoms with Crippen LogP contribution < -0.4 is 5.32 Å². The highest BCUT2D eigenvalue weighted by Crippen LogP contribution is 2.21. The van der Waals surface area contributed by atoms with Crippen LogP contribution in [0.5, 0.6) is 0 Å². The number of hydrogen-bond acceptors (Lipinski definition) is 3. The molecule has 0 aromatic heterocycles. The van der Waals surface area contributed by atoms with E-state index < -0.39 is 10.7 Å². The minimum absolute atomic E-state index is 0.00687. The van der Waals surface area contributed by atoms with Crippen molar-refractivity contribution < 1.29 is 9.31 Å². The zero-order chi connectivity index (χ0) is 15.4. The van der Waals surface area contributed by atoms with E-state index in [2.05, 4.69) is 5.32 Å². The van der Waals surface area contributed by atoms with E-state index in [0.717, 1.165) is 11.6 Å². The van der Waals surface area contributed by atoms with Crippen molar-refractivity contribution in [1.29, 1.82) is 0 Å². The van der Waals surface area contributed by atoms with Crippen LogP contribution in [0, 0.1) is 15.9 Å². The van der Waals surface area contributed by atoms with Crippen LogP contribution in [0.2, 0.25) is 5.02 Å². The van der Waals surface area contributed by atoms with Crippen LogP contribution in [0.15, 0.2) is 42.5 Å². The summed E-state index contributed by atoms with van der Waals surface area (Å²) in [5.74, 6) is -0.634. The van der Waals surface area contributed by atoms with Gasteiger partial charge in [-0.15, -0.1) is 0 Å². The van der Waals surface area contributed by atoms with Crippen LogP contribution in [0.4, 0.5) is 15.8 Å². The lowest BCUT2D eigenvalue weighted by Crippen LogP contribution is -2.18. The number of nitrogens with one attached hydrogen (secondary N) is 1. The van der Waals surface area contributed by atoms with Crippen LogP contribution >= 0.6 is 11.6 Å². The number of non-ortho nitro benzene ring substituents is 1. The van der Waals surface area contributed by atoms with Gasteiger partial charge in [0.05, 0.1) is 11.0 Å². The second-order valence-electron chi connectivity index (χ2n) is 4.83. The Bertz CT molecular complexity index is 647. The minimum Gasteiger partial charge on any atom is -0.382 e. The van der Waals surface area contributed by atoms with Crippen LogP contribution in [0.1, 0.15) is 12.5 Å². The Morgan fingerprint density at radius 3 is 2.57 bits per heavy atom. The molecule has 0 saturated heterocycles. The highest BCUT2D eigenvalue weighted by molar-refractivity contribution is 6.30. The average Bonchev–Trinajstić information content (AvgIpc) is 2.40. The summed E-state index contributed by atoms with van der Waals surface area (Å²) in [7, 11) is 0. The lowest BCUT2D eigenvalue weighted by molar-refractivity contribution is -0.385. The van der Waals surface area contributed by atoms with Gasteiger partial charge in [-0.05, 0) is 37.1 Å². The molecule has 2 aromatic rings. The highest BCUT2D eigenvalue weighted by atomic mass is 35.5. The quantitative estimate of drug-likeness (QED) is 0.656. The predicted octanol–water partition coefficient (Wildman–Crippen LogP) is 4.43. The Labute approximate surface area is 126 Å². The molecule has 2 rings (SSSR count). The molecule has 0 aliphatic carbocycles. The van der Waals surface area contributed by atoms with Crippen molar-refractivity contribution in [2.75, 3.05) is 5.32 Å². The molecule has 0 amide bonds. The number of rotatable bonds is 5. The first-order valence-corrected chi connectivity index (χ1v) is 6.78. The van der Waals surface area contributed by atoms with Crippen LogP contribution in [-0.4, -0.2) is 11.0 Å². The second-order valence-corrected chi connectivity index (χ2v) is 5.27. The van der Waals surface area contributed by atoms with E-state index in [4.69, 9.17) is 11.6 Å². The van der Waals surface area contributed by atoms with Gasteiger partial charge in [0.25, 0.3) is 5.69 Å². The molecule has 1 unspecified atom stereocenters. The molecular formula is C15H14ClFN2O2. The molecule has 0 aliphatic heterocycles. The Hall–Kier alpha value is -2.14. The lowest BCUT2D eigenvalue weighted by atomic mass is 10.1. The minimum atomic E-state index is -0.634. The van der Waals surface area contributed by atoms with E-state index in [1.807, 2.05) is 19.1 Å². The van der Waals surface area contributed by atoms with E-state index in [0.29, 0.717) is 17.1 Å². The highest BCUT2D eigenvalue weighted by Gasteiger charge is 2.11. The molecule has 110 valence electrons. The molecule has 6 heteroatoms. The topological polar surface area (TPSA) is 55.2 Å². The number of halogens is 2. The fourth-order valence-electron chi connectivity index (χ4n) is 2.07. The van der Waals surface area contributed by atoms with E-state index >= 15 is 0 Å². The molecule has 0 saturated carbocycles. The summed E-state index contributed by atoms with van der Waals surface area (Å²) in [5, 5.41) is 14.4. The zero-order valence-corrected chi connectivity index (χ0v) is 12.1. The number of nitrogens with zero attached hydrogens (tertiary/aromatic N) is 1. The first kappa shape index (κ1) is 15.3. The van der Waals surface area contributed by atoms with Gasteiger partial charge in [0.2, 0.25) is 0 Å². The molecule has 1 N–H and O–H groups in total. The third-order valence-electron chi connectivity index (χ3n) is 2.96. The predicted molar refractivity (Wildman–Crippen MR) is 81.3 cm³/mol. The Kier molecular flexibility index (Phi) is 4.75. The number of nitro groups is 1. The monoisotopic (exact) mass is 308 g/mol. The summed E-state index contributed by atoms with van der Waals surface area (Å²) < 4.78 is 13.4. The van der Waals surface area contributed by atoms with Gasteiger partial charge < -0.3 is 5.32 Å². The number of anilines is 1. The maximum absolute atomic E-state index is 13.4. The van der Waals surface area contributed by atoms with E-state index in [9.17, 15) is 14.5 Å². The SMILES string of the molecule is CC(Cc1ccc(Cl)cc1)Nc1cc(F)cc([N+](=O)[O-])c1. The first-order valence-electron chi connectivity index (χ1n) is 6.40. The number of benzene rings is 2. The average molecular weight is 309 g/mol. The standard InChI is InChI=1S/C15H14ClFN2O2/c1-10(6-11-2-4-12(16)5-3-11)18-14-7-13(17)8-15(9-14)19(20)21/h2-5,7-10,18H,6H2,1H3. The molecule has 0 bridgehead atoms. The summed E-state index contributed by atoms with van der Waals surface area (Å²) in [4.78, 5) is 10.1. The number of nitro benzene ring substituents is 1. The maximum atomic E-state index is 13.4. The zero-order valence-electron chi connectivity index (χ0n) is 11.3. The molecule has 1 atom stereocenters. The van der Waals surface area contributed by atoms with Crippen LogP contribution in [0.25, 0.3) is 0 Å². The fraction of sp³-hybridized carbons (Fsp3) is 0.200. The van der Waals surface area contributed by atoms with Crippen LogP contribution in [-0.2, 0) is 6.42 Å². The third-order valence-corrected chi connectivity index (χ3v) is 3.21. The molecule has 0 aliphatic rings. The molecule has 0 spiro atoms.